The SMILES string of the molecule is Cc1ccc(C(=O)NCc2cccc3c2OCCO3)o1. The van der Waals surface area contributed by atoms with Gasteiger partial charge in [0.2, 0.25) is 0 Å². The molecule has 0 aliphatic carbocycles. The van der Waals surface area contributed by atoms with Gasteiger partial charge in [0.05, 0.1) is 0 Å². The molecule has 1 aromatic heterocycles. The molecule has 20 heavy (non-hydrogen) atoms. The highest BCUT2D eigenvalue weighted by molar-refractivity contribution is 5.91. The first-order valence-corrected chi connectivity index (χ1v) is 6.46. The zero-order valence-corrected chi connectivity index (χ0v) is 11.1. The van der Waals surface area contributed by atoms with Crippen LogP contribution in [0.15, 0.2) is 34.7 Å². The molecule has 1 aliphatic rings. The summed E-state index contributed by atoms with van der Waals surface area (Å²) in [6.07, 6.45) is 0. The number of para-hydroxylation sites is 1. The standard InChI is InChI=1S/C15H15NO4/c1-10-5-6-13(20-10)15(17)16-9-11-3-2-4-12-14(11)19-8-7-18-12/h2-6H,7-9H2,1H3,(H,16,17). The molecule has 1 N–H and O–H groups in total. The van der Waals surface area contributed by atoms with E-state index in [1.54, 1.807) is 19.1 Å². The maximum Gasteiger partial charge on any atom is 0.287 e. The van der Waals surface area contributed by atoms with Crippen molar-refractivity contribution in [1.29, 1.82) is 0 Å². The highest BCUT2D eigenvalue weighted by Crippen LogP contribution is 2.33. The number of benzene rings is 1. The molecule has 0 spiro atoms. The summed E-state index contributed by atoms with van der Waals surface area (Å²) in [6, 6.07) is 9.06. The van der Waals surface area contributed by atoms with Crippen LogP contribution in [0.5, 0.6) is 11.5 Å². The van der Waals surface area contributed by atoms with Gasteiger partial charge in [-0.05, 0) is 25.1 Å². The Morgan fingerprint density at radius 1 is 1.20 bits per heavy atom. The van der Waals surface area contributed by atoms with Gasteiger partial charge in [0.1, 0.15) is 19.0 Å². The molecule has 1 amide bonds. The Morgan fingerprint density at radius 3 is 2.85 bits per heavy atom. The van der Waals surface area contributed by atoms with Gasteiger partial charge in [-0.3, -0.25) is 4.79 Å². The fourth-order valence-electron chi connectivity index (χ4n) is 2.09. The van der Waals surface area contributed by atoms with Gasteiger partial charge >= 0.3 is 0 Å². The van der Waals surface area contributed by atoms with Gasteiger partial charge in [-0.15, -0.1) is 0 Å². The monoisotopic (exact) mass is 273 g/mol. The second-order valence-electron chi connectivity index (χ2n) is 4.53. The first-order chi connectivity index (χ1) is 9.74. The minimum Gasteiger partial charge on any atom is -0.486 e. The Kier molecular flexibility index (Phi) is 3.33. The van der Waals surface area contributed by atoms with Crippen LogP contribution in [0.2, 0.25) is 0 Å². The summed E-state index contributed by atoms with van der Waals surface area (Å²) in [5, 5.41) is 2.81. The first kappa shape index (κ1) is 12.6. The van der Waals surface area contributed by atoms with Gasteiger partial charge in [-0.1, -0.05) is 12.1 Å². The van der Waals surface area contributed by atoms with Gasteiger partial charge < -0.3 is 19.2 Å². The Labute approximate surface area is 116 Å². The molecule has 0 bridgehead atoms. The summed E-state index contributed by atoms with van der Waals surface area (Å²) < 4.78 is 16.4. The van der Waals surface area contributed by atoms with Crippen molar-refractivity contribution in [2.24, 2.45) is 0 Å². The number of aryl methyl sites for hydroxylation is 1. The van der Waals surface area contributed by atoms with E-state index >= 15 is 0 Å². The molecule has 2 heterocycles. The van der Waals surface area contributed by atoms with Crippen LogP contribution in [0.1, 0.15) is 21.9 Å². The summed E-state index contributed by atoms with van der Waals surface area (Å²) in [4.78, 5) is 11.9. The molecular weight excluding hydrogens is 258 g/mol. The predicted octanol–water partition coefficient (Wildman–Crippen LogP) is 2.29. The quantitative estimate of drug-likeness (QED) is 0.932. The lowest BCUT2D eigenvalue weighted by Crippen LogP contribution is -2.24. The molecule has 5 heteroatoms. The van der Waals surface area contributed by atoms with E-state index in [1.165, 1.54) is 0 Å². The van der Waals surface area contributed by atoms with E-state index in [4.69, 9.17) is 13.9 Å². The molecule has 104 valence electrons. The lowest BCUT2D eigenvalue weighted by Gasteiger charge is -2.20. The molecule has 0 saturated carbocycles. The summed E-state index contributed by atoms with van der Waals surface area (Å²) in [5.74, 6) is 2.20. The van der Waals surface area contributed by atoms with E-state index < -0.39 is 0 Å². The molecule has 1 aromatic carbocycles. The van der Waals surface area contributed by atoms with Crippen molar-refractivity contribution < 1.29 is 18.7 Å². The van der Waals surface area contributed by atoms with Crippen LogP contribution in [-0.2, 0) is 6.54 Å². The van der Waals surface area contributed by atoms with Crippen LogP contribution < -0.4 is 14.8 Å². The van der Waals surface area contributed by atoms with E-state index in [0.29, 0.717) is 37.0 Å². The van der Waals surface area contributed by atoms with Gasteiger partial charge in [-0.2, -0.15) is 0 Å². The van der Waals surface area contributed by atoms with E-state index in [0.717, 1.165) is 11.3 Å². The van der Waals surface area contributed by atoms with E-state index in [9.17, 15) is 4.79 Å². The van der Waals surface area contributed by atoms with Gasteiger partial charge in [0.15, 0.2) is 17.3 Å². The molecule has 0 fully saturated rings. The second kappa shape index (κ2) is 5.28. The summed E-state index contributed by atoms with van der Waals surface area (Å²) in [5.41, 5.74) is 0.888. The molecule has 0 radical (unpaired) electrons. The molecule has 5 nitrogen and oxygen atoms in total. The highest BCUT2D eigenvalue weighted by Gasteiger charge is 2.16. The van der Waals surface area contributed by atoms with Crippen LogP contribution in [0.25, 0.3) is 0 Å². The Morgan fingerprint density at radius 2 is 2.05 bits per heavy atom. The topological polar surface area (TPSA) is 60.7 Å². The van der Waals surface area contributed by atoms with E-state index in [-0.39, 0.29) is 5.91 Å². The number of rotatable bonds is 3. The van der Waals surface area contributed by atoms with E-state index in [1.807, 2.05) is 18.2 Å². The average molecular weight is 273 g/mol. The minimum absolute atomic E-state index is 0.243. The number of amides is 1. The Bertz CT molecular complexity index is 633. The molecule has 1 aliphatic heterocycles. The number of hydrogen-bond acceptors (Lipinski definition) is 4. The van der Waals surface area contributed by atoms with Crippen LogP contribution in [0, 0.1) is 6.92 Å². The fourth-order valence-corrected chi connectivity index (χ4v) is 2.09. The third-order valence-electron chi connectivity index (χ3n) is 3.05. The number of nitrogens with one attached hydrogen (secondary N) is 1. The largest absolute Gasteiger partial charge is 0.486 e. The van der Waals surface area contributed by atoms with Crippen molar-refractivity contribution >= 4 is 5.91 Å². The molecule has 0 atom stereocenters. The van der Waals surface area contributed by atoms with Crippen LogP contribution in [0.3, 0.4) is 0 Å². The van der Waals surface area contributed by atoms with Crippen LogP contribution >= 0.6 is 0 Å². The molecule has 0 unspecified atom stereocenters. The number of furan rings is 1. The lowest BCUT2D eigenvalue weighted by molar-refractivity contribution is 0.0921. The van der Waals surface area contributed by atoms with Crippen molar-refractivity contribution in [2.45, 2.75) is 13.5 Å². The normalized spacial score (nSPS) is 13.1. The minimum atomic E-state index is -0.243. The number of fused-ring (bicyclic) bond motifs is 1. The van der Waals surface area contributed by atoms with Crippen molar-refractivity contribution in [2.75, 3.05) is 13.2 Å². The zero-order chi connectivity index (χ0) is 13.9. The molecule has 3 rings (SSSR count). The highest BCUT2D eigenvalue weighted by atomic mass is 16.6. The van der Waals surface area contributed by atoms with Crippen LogP contribution in [0.4, 0.5) is 0 Å². The zero-order valence-electron chi connectivity index (χ0n) is 11.1. The average Bonchev–Trinajstić information content (AvgIpc) is 2.91. The van der Waals surface area contributed by atoms with Crippen molar-refractivity contribution in [3.05, 3.63) is 47.4 Å². The Hall–Kier alpha value is -2.43. The number of ether oxygens (including phenoxy) is 2. The second-order valence-corrected chi connectivity index (χ2v) is 4.53. The summed E-state index contributed by atoms with van der Waals surface area (Å²) >= 11 is 0. The Balaban J connectivity index is 1.71. The van der Waals surface area contributed by atoms with E-state index in [2.05, 4.69) is 5.32 Å². The molecule has 0 saturated heterocycles. The number of carbonyl (C=O) groups is 1. The third-order valence-corrected chi connectivity index (χ3v) is 3.05. The third kappa shape index (κ3) is 2.47. The molecular formula is C15H15NO4. The fraction of sp³-hybridized carbons (Fsp3) is 0.267. The van der Waals surface area contributed by atoms with Crippen molar-refractivity contribution in [1.82, 2.24) is 5.32 Å². The summed E-state index contributed by atoms with van der Waals surface area (Å²) in [7, 11) is 0. The van der Waals surface area contributed by atoms with Gasteiger partial charge in [0.25, 0.3) is 5.91 Å². The van der Waals surface area contributed by atoms with Crippen molar-refractivity contribution in [3.8, 4) is 11.5 Å². The smallest absolute Gasteiger partial charge is 0.287 e. The van der Waals surface area contributed by atoms with Gasteiger partial charge in [0, 0.05) is 12.1 Å². The number of hydrogen-bond donors (Lipinski definition) is 1. The van der Waals surface area contributed by atoms with Crippen LogP contribution in [-0.4, -0.2) is 19.1 Å². The van der Waals surface area contributed by atoms with Gasteiger partial charge in [-0.25, -0.2) is 0 Å². The maximum atomic E-state index is 11.9. The predicted molar refractivity (Wildman–Crippen MR) is 72.0 cm³/mol. The molecule has 2 aromatic rings. The van der Waals surface area contributed by atoms with Crippen molar-refractivity contribution in [3.63, 3.8) is 0 Å². The number of carbonyl (C=O) groups excluding carboxylic acids is 1. The maximum absolute atomic E-state index is 11.9. The lowest BCUT2D eigenvalue weighted by atomic mass is 10.1. The first-order valence-electron chi connectivity index (χ1n) is 6.46. The summed E-state index contributed by atoms with van der Waals surface area (Å²) in [6.45, 7) is 3.24.